The molecule has 0 heterocycles. The van der Waals surface area contributed by atoms with Crippen LogP contribution in [0.5, 0.6) is 5.75 Å². The minimum atomic E-state index is 0.232. The SMILES string of the molecule is Oc1ccc(C=NNC(=S)NCc2ccccc2)cc1. The molecule has 3 N–H and O–H groups in total. The maximum absolute atomic E-state index is 9.16. The second-order valence-corrected chi connectivity index (χ2v) is 4.54. The minimum Gasteiger partial charge on any atom is -0.508 e. The molecule has 0 aliphatic carbocycles. The van der Waals surface area contributed by atoms with Crippen molar-refractivity contribution in [1.82, 2.24) is 10.7 Å². The van der Waals surface area contributed by atoms with E-state index in [0.717, 1.165) is 11.1 Å². The Hall–Kier alpha value is -2.40. The average molecular weight is 285 g/mol. The molecule has 0 unspecified atom stereocenters. The fourth-order valence-electron chi connectivity index (χ4n) is 1.54. The summed E-state index contributed by atoms with van der Waals surface area (Å²) in [7, 11) is 0. The molecule has 0 spiro atoms. The molecule has 20 heavy (non-hydrogen) atoms. The van der Waals surface area contributed by atoms with Crippen LogP contribution in [0.3, 0.4) is 0 Å². The van der Waals surface area contributed by atoms with Gasteiger partial charge in [-0.2, -0.15) is 5.10 Å². The predicted octanol–water partition coefficient (Wildman–Crippen LogP) is 2.39. The first-order valence-electron chi connectivity index (χ1n) is 6.14. The van der Waals surface area contributed by atoms with Crippen LogP contribution in [-0.4, -0.2) is 16.4 Å². The normalized spacial score (nSPS) is 10.4. The first-order valence-corrected chi connectivity index (χ1v) is 6.55. The van der Waals surface area contributed by atoms with Crippen molar-refractivity contribution in [2.45, 2.75) is 6.54 Å². The fourth-order valence-corrected chi connectivity index (χ4v) is 1.67. The monoisotopic (exact) mass is 285 g/mol. The summed E-state index contributed by atoms with van der Waals surface area (Å²) in [6.45, 7) is 0.654. The Kier molecular flexibility index (Phi) is 5.08. The van der Waals surface area contributed by atoms with Gasteiger partial charge in [0.25, 0.3) is 0 Å². The molecule has 0 saturated carbocycles. The highest BCUT2D eigenvalue weighted by Gasteiger charge is 1.94. The zero-order chi connectivity index (χ0) is 14.2. The summed E-state index contributed by atoms with van der Waals surface area (Å²) in [5, 5.41) is 16.7. The number of thiocarbonyl (C=S) groups is 1. The quantitative estimate of drug-likeness (QED) is 0.459. The van der Waals surface area contributed by atoms with Gasteiger partial charge in [-0.1, -0.05) is 30.3 Å². The van der Waals surface area contributed by atoms with Crippen molar-refractivity contribution in [1.29, 1.82) is 0 Å². The van der Waals surface area contributed by atoms with E-state index in [9.17, 15) is 0 Å². The van der Waals surface area contributed by atoms with Gasteiger partial charge in [0.05, 0.1) is 6.21 Å². The molecule has 2 aromatic carbocycles. The van der Waals surface area contributed by atoms with Gasteiger partial charge < -0.3 is 10.4 Å². The molecule has 0 saturated heterocycles. The zero-order valence-electron chi connectivity index (χ0n) is 10.8. The summed E-state index contributed by atoms with van der Waals surface area (Å²) in [6, 6.07) is 16.7. The van der Waals surface area contributed by atoms with E-state index in [1.165, 1.54) is 0 Å². The van der Waals surface area contributed by atoms with Crippen molar-refractivity contribution in [3.05, 3.63) is 65.7 Å². The van der Waals surface area contributed by atoms with Gasteiger partial charge in [0.2, 0.25) is 0 Å². The fraction of sp³-hybridized carbons (Fsp3) is 0.0667. The summed E-state index contributed by atoms with van der Waals surface area (Å²) in [6.07, 6.45) is 1.63. The van der Waals surface area contributed by atoms with Crippen molar-refractivity contribution in [3.63, 3.8) is 0 Å². The number of aromatic hydroxyl groups is 1. The average Bonchev–Trinajstić information content (AvgIpc) is 2.48. The van der Waals surface area contributed by atoms with E-state index >= 15 is 0 Å². The van der Waals surface area contributed by atoms with Crippen molar-refractivity contribution in [3.8, 4) is 5.75 Å². The second-order valence-electron chi connectivity index (χ2n) is 4.13. The van der Waals surface area contributed by atoms with Crippen LogP contribution in [0.2, 0.25) is 0 Å². The minimum absolute atomic E-state index is 0.232. The first kappa shape index (κ1) is 14.0. The predicted molar refractivity (Wildman–Crippen MR) is 84.7 cm³/mol. The molecule has 0 fully saturated rings. The van der Waals surface area contributed by atoms with Crippen molar-refractivity contribution in [2.75, 3.05) is 0 Å². The van der Waals surface area contributed by atoms with Crippen LogP contribution in [0, 0.1) is 0 Å². The number of hydrogen-bond donors (Lipinski definition) is 3. The second kappa shape index (κ2) is 7.25. The standard InChI is InChI=1S/C15H15N3OS/c19-14-8-6-13(7-9-14)11-17-18-15(20)16-10-12-4-2-1-3-5-12/h1-9,11,19H,10H2,(H2,16,18,20). The Morgan fingerprint density at radius 3 is 2.50 bits per heavy atom. The number of nitrogens with one attached hydrogen (secondary N) is 2. The zero-order valence-corrected chi connectivity index (χ0v) is 11.6. The van der Waals surface area contributed by atoms with Gasteiger partial charge in [0.1, 0.15) is 5.75 Å². The Balaban J connectivity index is 1.76. The van der Waals surface area contributed by atoms with Crippen LogP contribution in [0.15, 0.2) is 59.7 Å². The van der Waals surface area contributed by atoms with Crippen LogP contribution >= 0.6 is 12.2 Å². The molecule has 4 nitrogen and oxygen atoms in total. The maximum atomic E-state index is 9.16. The van der Waals surface area contributed by atoms with E-state index in [1.54, 1.807) is 30.5 Å². The smallest absolute Gasteiger partial charge is 0.187 e. The molecule has 0 aromatic heterocycles. The first-order chi connectivity index (χ1) is 9.74. The number of rotatable bonds is 4. The summed E-state index contributed by atoms with van der Waals surface area (Å²) in [5.41, 5.74) is 4.77. The van der Waals surface area contributed by atoms with Gasteiger partial charge in [-0.25, -0.2) is 0 Å². The van der Waals surface area contributed by atoms with E-state index < -0.39 is 0 Å². The highest BCUT2D eigenvalue weighted by Crippen LogP contribution is 2.07. The number of nitrogens with zero attached hydrogens (tertiary/aromatic N) is 1. The molecule has 0 aliphatic rings. The molecular weight excluding hydrogens is 270 g/mol. The van der Waals surface area contributed by atoms with E-state index in [2.05, 4.69) is 15.8 Å². The van der Waals surface area contributed by atoms with E-state index in [1.807, 2.05) is 30.3 Å². The number of phenolic OH excluding ortho intramolecular Hbond substituents is 1. The molecule has 0 radical (unpaired) electrons. The van der Waals surface area contributed by atoms with Crippen LogP contribution in [0.4, 0.5) is 0 Å². The van der Waals surface area contributed by atoms with Gasteiger partial charge in [-0.05, 0) is 47.6 Å². The lowest BCUT2D eigenvalue weighted by molar-refractivity contribution is 0.475. The number of hydrazone groups is 1. The van der Waals surface area contributed by atoms with Crippen LogP contribution in [0.1, 0.15) is 11.1 Å². The molecule has 0 aliphatic heterocycles. The van der Waals surface area contributed by atoms with Crippen LogP contribution < -0.4 is 10.7 Å². The Labute approximate surface area is 123 Å². The third-order valence-corrected chi connectivity index (χ3v) is 2.80. The molecule has 2 rings (SSSR count). The summed E-state index contributed by atoms with van der Waals surface area (Å²) in [5.74, 6) is 0.232. The highest BCUT2D eigenvalue weighted by atomic mass is 32.1. The van der Waals surface area contributed by atoms with Gasteiger partial charge in [0.15, 0.2) is 5.11 Å². The molecule has 5 heteroatoms. The Bertz CT molecular complexity index is 582. The van der Waals surface area contributed by atoms with Gasteiger partial charge in [-0.15, -0.1) is 0 Å². The third-order valence-electron chi connectivity index (χ3n) is 2.57. The largest absolute Gasteiger partial charge is 0.508 e. The maximum Gasteiger partial charge on any atom is 0.187 e. The lowest BCUT2D eigenvalue weighted by atomic mass is 10.2. The van der Waals surface area contributed by atoms with Crippen LogP contribution in [0.25, 0.3) is 0 Å². The number of phenols is 1. The number of hydrogen-bond acceptors (Lipinski definition) is 3. The lowest BCUT2D eigenvalue weighted by Crippen LogP contribution is -2.31. The molecular formula is C15H15N3OS. The Morgan fingerprint density at radius 2 is 1.80 bits per heavy atom. The molecule has 0 bridgehead atoms. The molecule has 0 atom stereocenters. The van der Waals surface area contributed by atoms with Gasteiger partial charge in [0, 0.05) is 6.54 Å². The van der Waals surface area contributed by atoms with Gasteiger partial charge >= 0.3 is 0 Å². The van der Waals surface area contributed by atoms with Crippen molar-refractivity contribution >= 4 is 23.5 Å². The van der Waals surface area contributed by atoms with Crippen molar-refractivity contribution < 1.29 is 5.11 Å². The summed E-state index contributed by atoms with van der Waals surface area (Å²) in [4.78, 5) is 0. The van der Waals surface area contributed by atoms with Gasteiger partial charge in [-0.3, -0.25) is 5.43 Å². The Morgan fingerprint density at radius 1 is 1.10 bits per heavy atom. The van der Waals surface area contributed by atoms with E-state index in [4.69, 9.17) is 17.3 Å². The topological polar surface area (TPSA) is 56.7 Å². The molecule has 0 amide bonds. The van der Waals surface area contributed by atoms with E-state index in [-0.39, 0.29) is 5.75 Å². The number of benzene rings is 2. The summed E-state index contributed by atoms with van der Waals surface area (Å²) >= 11 is 5.11. The summed E-state index contributed by atoms with van der Waals surface area (Å²) < 4.78 is 0. The lowest BCUT2D eigenvalue weighted by Gasteiger charge is -2.06. The van der Waals surface area contributed by atoms with Crippen molar-refractivity contribution in [2.24, 2.45) is 5.10 Å². The molecule has 2 aromatic rings. The third kappa shape index (κ3) is 4.70. The highest BCUT2D eigenvalue weighted by molar-refractivity contribution is 7.80. The van der Waals surface area contributed by atoms with E-state index in [0.29, 0.717) is 11.7 Å². The van der Waals surface area contributed by atoms with Crippen LogP contribution in [-0.2, 0) is 6.54 Å². The molecule has 102 valence electrons.